The number of rotatable bonds is 9. The van der Waals surface area contributed by atoms with Crippen molar-refractivity contribution in [2.45, 2.75) is 12.5 Å². The Bertz CT molecular complexity index is 368. The van der Waals surface area contributed by atoms with Crippen LogP contribution in [0.4, 0.5) is 0 Å². The number of Topliss-reactive ketones (excluding diaryl/α,β-unsaturated/α-hetero) is 1. The van der Waals surface area contributed by atoms with Crippen molar-refractivity contribution in [1.29, 1.82) is 0 Å². The molecule has 0 saturated heterocycles. The van der Waals surface area contributed by atoms with E-state index in [4.69, 9.17) is 5.11 Å². The van der Waals surface area contributed by atoms with Crippen LogP contribution in [-0.4, -0.2) is 54.0 Å². The van der Waals surface area contributed by atoms with Crippen molar-refractivity contribution in [3.63, 3.8) is 0 Å². The molecule has 0 aromatic carbocycles. The summed E-state index contributed by atoms with van der Waals surface area (Å²) in [6.45, 7) is -0.515. The molecule has 1 fully saturated rings. The molecule has 0 aliphatic heterocycles. The van der Waals surface area contributed by atoms with E-state index in [9.17, 15) is 14.4 Å². The molecule has 1 atom stereocenters. The van der Waals surface area contributed by atoms with Gasteiger partial charge in [-0.15, -0.1) is 0 Å². The Morgan fingerprint density at radius 2 is 2.00 bits per heavy atom. The Kier molecular flexibility index (Phi) is 8.37. The summed E-state index contributed by atoms with van der Waals surface area (Å²) in [6.07, 6.45) is 7.46. The molecule has 21 heavy (non-hydrogen) atoms. The lowest BCUT2D eigenvalue weighted by Crippen LogP contribution is -2.44. The Hall–Kier alpha value is -1.08. The number of aliphatic hydroxyl groups is 1. The molecule has 115 valence electrons. The lowest BCUT2D eigenvalue weighted by Gasteiger charge is -2.13. The van der Waals surface area contributed by atoms with Crippen molar-refractivity contribution in [2.24, 2.45) is 0 Å². The number of ketones is 1. The molecule has 5 radical (unpaired) electrons. The van der Waals surface area contributed by atoms with Crippen LogP contribution < -0.4 is 5.32 Å². The minimum Gasteiger partial charge on any atom is -0.467 e. The molecule has 0 aromatic heterocycles. The van der Waals surface area contributed by atoms with E-state index in [0.29, 0.717) is 18.1 Å². The van der Waals surface area contributed by atoms with E-state index < -0.39 is 18.6 Å². The third-order valence-electron chi connectivity index (χ3n) is 2.69. The highest BCUT2D eigenvalue weighted by molar-refractivity contribution is 7.99. The van der Waals surface area contributed by atoms with Gasteiger partial charge >= 0.3 is 5.97 Å². The highest BCUT2D eigenvalue weighted by Gasteiger charge is 2.24. The van der Waals surface area contributed by atoms with Crippen LogP contribution >= 0.6 is 11.8 Å². The molecule has 7 heteroatoms. The first-order chi connectivity index (χ1) is 10.1. The summed E-state index contributed by atoms with van der Waals surface area (Å²) in [5.41, 5.74) is 0. The molecule has 1 aliphatic carbocycles. The standard InChI is InChI=1S/C14H18NO5S/c1-20-14(19)11(8-16)15-13(18)9-21-7-6-12(17)10-4-2-3-5-10/h2-5,11,16H,6-9H2,1H3,(H,15,18)/t11-/m0/s1. The number of hydrogen-bond donors (Lipinski definition) is 2. The van der Waals surface area contributed by atoms with Crippen LogP contribution in [-0.2, 0) is 19.1 Å². The van der Waals surface area contributed by atoms with Gasteiger partial charge in [0, 0.05) is 18.1 Å². The lowest BCUT2D eigenvalue weighted by atomic mass is 10.0. The van der Waals surface area contributed by atoms with Crippen molar-refractivity contribution in [2.75, 3.05) is 25.2 Å². The molecule has 1 saturated carbocycles. The predicted molar refractivity (Wildman–Crippen MR) is 78.4 cm³/mol. The first-order valence-electron chi connectivity index (χ1n) is 6.39. The Balaban J connectivity index is 2.15. The smallest absolute Gasteiger partial charge is 0.330 e. The second-order valence-corrected chi connectivity index (χ2v) is 5.33. The van der Waals surface area contributed by atoms with E-state index in [2.05, 4.69) is 10.1 Å². The SMILES string of the molecule is COC(=O)[C@H](CO)NC(=O)CSCCC(=O)[C]1[CH][CH][CH][CH]1. The highest BCUT2D eigenvalue weighted by Crippen LogP contribution is 2.25. The maximum Gasteiger partial charge on any atom is 0.330 e. The van der Waals surface area contributed by atoms with Gasteiger partial charge in [-0.25, -0.2) is 4.79 Å². The van der Waals surface area contributed by atoms with Gasteiger partial charge in [-0.1, -0.05) is 0 Å². The summed E-state index contributed by atoms with van der Waals surface area (Å²) in [4.78, 5) is 34.4. The van der Waals surface area contributed by atoms with Gasteiger partial charge in [-0.3, -0.25) is 9.59 Å². The van der Waals surface area contributed by atoms with E-state index in [-0.39, 0.29) is 17.4 Å². The fourth-order valence-corrected chi connectivity index (χ4v) is 2.33. The average Bonchev–Trinajstić information content (AvgIpc) is 3.02. The lowest BCUT2D eigenvalue weighted by molar-refractivity contribution is -0.145. The van der Waals surface area contributed by atoms with Gasteiger partial charge in [0.1, 0.15) is 5.78 Å². The molecule has 0 aromatic rings. The fraction of sp³-hybridized carbons (Fsp3) is 0.429. The number of amides is 1. The van der Waals surface area contributed by atoms with Crippen LogP contribution in [0.5, 0.6) is 0 Å². The summed E-state index contributed by atoms with van der Waals surface area (Å²) < 4.78 is 4.44. The first kappa shape index (κ1) is 18.0. The first-order valence-corrected chi connectivity index (χ1v) is 7.54. The number of thioether (sulfide) groups is 1. The van der Waals surface area contributed by atoms with Gasteiger partial charge in [-0.2, -0.15) is 11.8 Å². The average molecular weight is 312 g/mol. The van der Waals surface area contributed by atoms with Crippen molar-refractivity contribution < 1.29 is 24.2 Å². The number of esters is 1. The quantitative estimate of drug-likeness (QED) is 0.450. The number of carbonyl (C=O) groups excluding carboxylic acids is 3. The van der Waals surface area contributed by atoms with Gasteiger partial charge in [0.05, 0.1) is 19.5 Å². The number of nitrogens with one attached hydrogen (secondary N) is 1. The summed E-state index contributed by atoms with van der Waals surface area (Å²) >= 11 is 1.29. The fourth-order valence-electron chi connectivity index (χ4n) is 1.59. The normalized spacial score (nSPS) is 16.5. The summed E-state index contributed by atoms with van der Waals surface area (Å²) in [6, 6.07) is -1.05. The minimum atomic E-state index is -1.05. The second kappa shape index (κ2) is 9.78. The topological polar surface area (TPSA) is 92.7 Å². The van der Waals surface area contributed by atoms with Crippen LogP contribution in [0.15, 0.2) is 0 Å². The second-order valence-electron chi connectivity index (χ2n) is 4.23. The van der Waals surface area contributed by atoms with Gasteiger partial charge in [0.25, 0.3) is 0 Å². The van der Waals surface area contributed by atoms with Crippen LogP contribution in [0, 0.1) is 31.6 Å². The summed E-state index contributed by atoms with van der Waals surface area (Å²) in [7, 11) is 1.18. The highest BCUT2D eigenvalue weighted by atomic mass is 32.2. The monoisotopic (exact) mass is 312 g/mol. The number of ether oxygens (including phenoxy) is 1. The number of hydrogen-bond acceptors (Lipinski definition) is 6. The molecule has 2 N–H and O–H groups in total. The molecule has 1 rings (SSSR count). The molecule has 1 aliphatic rings. The van der Waals surface area contributed by atoms with E-state index in [1.54, 1.807) is 25.7 Å². The Morgan fingerprint density at radius 1 is 1.33 bits per heavy atom. The van der Waals surface area contributed by atoms with Crippen LogP contribution in [0.2, 0.25) is 0 Å². The van der Waals surface area contributed by atoms with Gasteiger partial charge in [-0.05, 0) is 25.7 Å². The molecule has 0 unspecified atom stereocenters. The Labute approximate surface area is 129 Å². The van der Waals surface area contributed by atoms with Gasteiger partial charge in [0.2, 0.25) is 5.91 Å². The van der Waals surface area contributed by atoms with Crippen molar-refractivity contribution in [3.05, 3.63) is 31.6 Å². The van der Waals surface area contributed by atoms with Crippen LogP contribution in [0.1, 0.15) is 6.42 Å². The Morgan fingerprint density at radius 3 is 2.57 bits per heavy atom. The van der Waals surface area contributed by atoms with E-state index in [1.165, 1.54) is 18.9 Å². The number of aliphatic hydroxyl groups excluding tert-OH is 1. The molecule has 0 heterocycles. The minimum absolute atomic E-state index is 0.0377. The predicted octanol–water partition coefficient (Wildman–Crippen LogP) is -0.266. The van der Waals surface area contributed by atoms with E-state index in [1.807, 2.05) is 0 Å². The van der Waals surface area contributed by atoms with Crippen molar-refractivity contribution in [3.8, 4) is 0 Å². The zero-order valence-corrected chi connectivity index (χ0v) is 12.5. The number of methoxy groups -OCH3 is 1. The van der Waals surface area contributed by atoms with Crippen LogP contribution in [0.3, 0.4) is 0 Å². The zero-order valence-electron chi connectivity index (χ0n) is 11.7. The largest absolute Gasteiger partial charge is 0.467 e. The third-order valence-corrected chi connectivity index (χ3v) is 3.65. The summed E-state index contributed by atoms with van der Waals surface area (Å²) in [5, 5.41) is 11.3. The molecule has 0 spiro atoms. The van der Waals surface area contributed by atoms with Gasteiger partial charge < -0.3 is 15.2 Å². The molecule has 6 nitrogen and oxygen atoms in total. The van der Waals surface area contributed by atoms with Crippen molar-refractivity contribution in [1.82, 2.24) is 5.32 Å². The van der Waals surface area contributed by atoms with E-state index >= 15 is 0 Å². The van der Waals surface area contributed by atoms with Crippen LogP contribution in [0.25, 0.3) is 0 Å². The molecular weight excluding hydrogens is 294 g/mol. The van der Waals surface area contributed by atoms with E-state index in [0.717, 1.165) is 0 Å². The third kappa shape index (κ3) is 6.48. The van der Waals surface area contributed by atoms with Crippen molar-refractivity contribution >= 4 is 29.4 Å². The molecule has 0 bridgehead atoms. The molecular formula is C14H18NO5S. The van der Waals surface area contributed by atoms with Gasteiger partial charge in [0.15, 0.2) is 6.04 Å². The maximum atomic E-state index is 11.7. The zero-order chi connectivity index (χ0) is 15.7. The molecule has 1 amide bonds. The number of carbonyl (C=O) groups is 3. The summed E-state index contributed by atoms with van der Waals surface area (Å²) in [5.74, 6) is 0.260. The maximum absolute atomic E-state index is 11.7.